The molecule has 0 fully saturated rings. The topological polar surface area (TPSA) is 99.2 Å². The van der Waals surface area contributed by atoms with Crippen molar-refractivity contribution >= 4 is 17.7 Å². The zero-order chi connectivity index (χ0) is 10.6. The van der Waals surface area contributed by atoms with Crippen molar-refractivity contribution in [3.05, 3.63) is 34.4 Å². The summed E-state index contributed by atoms with van der Waals surface area (Å²) in [6.45, 7) is 0. The summed E-state index contributed by atoms with van der Waals surface area (Å²) < 4.78 is 0. The van der Waals surface area contributed by atoms with Gasteiger partial charge >= 0.3 is 0 Å². The van der Waals surface area contributed by atoms with Crippen molar-refractivity contribution in [3.63, 3.8) is 0 Å². The van der Waals surface area contributed by atoms with Crippen LogP contribution in [0.2, 0.25) is 0 Å². The largest absolute Gasteiger partial charge is 0.410 e. The van der Waals surface area contributed by atoms with Crippen molar-refractivity contribution in [1.29, 1.82) is 0 Å². The predicted molar refractivity (Wildman–Crippen MR) is 47.6 cm³/mol. The highest BCUT2D eigenvalue weighted by atomic mass is 16.6. The van der Waals surface area contributed by atoms with Crippen molar-refractivity contribution in [3.8, 4) is 0 Å². The Morgan fingerprint density at radius 1 is 1.50 bits per heavy atom. The third-order valence-corrected chi connectivity index (χ3v) is 1.49. The van der Waals surface area contributed by atoms with Crippen LogP contribution in [0.15, 0.2) is 29.4 Å². The van der Waals surface area contributed by atoms with Gasteiger partial charge in [-0.1, -0.05) is 17.3 Å². The summed E-state index contributed by atoms with van der Waals surface area (Å²) in [5.41, 5.74) is -0.356. The van der Waals surface area contributed by atoms with Crippen LogP contribution >= 0.6 is 0 Å². The predicted octanol–water partition coefficient (Wildman–Crippen LogP) is 1.21. The zero-order valence-corrected chi connectivity index (χ0v) is 6.94. The van der Waals surface area contributed by atoms with E-state index in [-0.39, 0.29) is 11.4 Å². The molecule has 0 saturated heterocycles. The first-order chi connectivity index (χ1) is 6.66. The number of benzene rings is 1. The molecular formula is C7H7N3O4. The number of oxime groups is 1. The molecule has 0 aliphatic carbocycles. The first-order valence-corrected chi connectivity index (χ1v) is 3.56. The summed E-state index contributed by atoms with van der Waals surface area (Å²) in [4.78, 5) is 9.84. The van der Waals surface area contributed by atoms with Crippen molar-refractivity contribution in [1.82, 2.24) is 0 Å². The van der Waals surface area contributed by atoms with E-state index in [2.05, 4.69) is 5.16 Å². The molecule has 0 heterocycles. The van der Waals surface area contributed by atoms with Crippen LogP contribution in [0, 0.1) is 10.1 Å². The van der Waals surface area contributed by atoms with Crippen molar-refractivity contribution < 1.29 is 15.3 Å². The molecule has 0 aliphatic rings. The number of hydrogen-bond acceptors (Lipinski definition) is 5. The molecule has 1 rings (SSSR count). The Balaban J connectivity index is 3.12. The van der Waals surface area contributed by atoms with Gasteiger partial charge in [0.1, 0.15) is 5.69 Å². The lowest BCUT2D eigenvalue weighted by molar-refractivity contribution is -0.384. The van der Waals surface area contributed by atoms with E-state index < -0.39 is 4.92 Å². The number of rotatable bonds is 3. The zero-order valence-electron chi connectivity index (χ0n) is 6.94. The van der Waals surface area contributed by atoms with Gasteiger partial charge in [-0.25, -0.2) is 5.06 Å². The van der Waals surface area contributed by atoms with Gasteiger partial charge in [-0.05, 0) is 6.07 Å². The Kier molecular flexibility index (Phi) is 2.97. The monoisotopic (exact) mass is 197 g/mol. The summed E-state index contributed by atoms with van der Waals surface area (Å²) in [5, 5.41) is 30.7. The molecule has 1 aromatic carbocycles. The fourth-order valence-corrected chi connectivity index (χ4v) is 0.923. The lowest BCUT2D eigenvalue weighted by Gasteiger charge is -2.09. The summed E-state index contributed by atoms with van der Waals surface area (Å²) in [5.74, 6) is 0. The summed E-state index contributed by atoms with van der Waals surface area (Å²) in [6.07, 6.45) is 0.641. The van der Waals surface area contributed by atoms with Gasteiger partial charge in [-0.2, -0.15) is 0 Å². The van der Waals surface area contributed by atoms with Gasteiger partial charge in [0.25, 0.3) is 5.69 Å². The van der Waals surface area contributed by atoms with Crippen LogP contribution in [0.3, 0.4) is 0 Å². The average molecular weight is 197 g/mol. The molecule has 14 heavy (non-hydrogen) atoms. The van der Waals surface area contributed by atoms with E-state index in [0.717, 1.165) is 0 Å². The average Bonchev–Trinajstić information content (AvgIpc) is 2.18. The normalized spacial score (nSPS) is 10.4. The van der Waals surface area contributed by atoms with E-state index in [9.17, 15) is 10.1 Å². The van der Waals surface area contributed by atoms with Gasteiger partial charge in [0.2, 0.25) is 0 Å². The Morgan fingerprint density at radius 2 is 2.14 bits per heavy atom. The number of hydrogen-bond donors (Lipinski definition) is 2. The molecule has 2 N–H and O–H groups in total. The van der Waals surface area contributed by atoms with Gasteiger partial charge in [-0.15, -0.1) is 0 Å². The number of anilines is 1. The lowest BCUT2D eigenvalue weighted by atomic mass is 10.3. The molecule has 0 radical (unpaired) electrons. The second kappa shape index (κ2) is 4.19. The smallest absolute Gasteiger partial charge is 0.295 e. The van der Waals surface area contributed by atoms with Crippen LogP contribution in [-0.2, 0) is 0 Å². The van der Waals surface area contributed by atoms with Crippen molar-refractivity contribution in [2.24, 2.45) is 5.16 Å². The highest BCUT2D eigenvalue weighted by molar-refractivity contribution is 5.80. The second-order valence-corrected chi connectivity index (χ2v) is 2.32. The number of hydroxylamine groups is 1. The molecule has 0 saturated carbocycles. The van der Waals surface area contributed by atoms with E-state index in [1.807, 2.05) is 0 Å². The third-order valence-electron chi connectivity index (χ3n) is 1.49. The quantitative estimate of drug-likeness (QED) is 0.249. The number of nitrogens with zero attached hydrogens (tertiary/aromatic N) is 3. The lowest BCUT2D eigenvalue weighted by Crippen LogP contribution is -2.16. The van der Waals surface area contributed by atoms with Crippen molar-refractivity contribution in [2.45, 2.75) is 0 Å². The Hall–Kier alpha value is -2.15. The molecule has 1 aromatic rings. The van der Waals surface area contributed by atoms with Crippen LogP contribution in [0.4, 0.5) is 11.4 Å². The van der Waals surface area contributed by atoms with E-state index in [1.54, 1.807) is 0 Å². The Morgan fingerprint density at radius 3 is 2.71 bits per heavy atom. The third kappa shape index (κ3) is 1.96. The van der Waals surface area contributed by atoms with Gasteiger partial charge in [-0.3, -0.25) is 15.3 Å². The number of para-hydroxylation sites is 2. The standard InChI is InChI=1S/C7H7N3O4/c11-8-5-9(12)6-3-1-2-4-7(6)10(13)14/h1-5,11-12H. The van der Waals surface area contributed by atoms with Gasteiger partial charge in [0.05, 0.1) is 4.92 Å². The van der Waals surface area contributed by atoms with E-state index in [0.29, 0.717) is 11.4 Å². The number of nitro groups is 1. The van der Waals surface area contributed by atoms with Gasteiger partial charge in [0, 0.05) is 6.07 Å². The maximum absolute atomic E-state index is 10.5. The van der Waals surface area contributed by atoms with Crippen LogP contribution < -0.4 is 5.06 Å². The van der Waals surface area contributed by atoms with Crippen LogP contribution in [0.1, 0.15) is 0 Å². The van der Waals surface area contributed by atoms with E-state index in [4.69, 9.17) is 10.4 Å². The molecule has 0 bridgehead atoms. The van der Waals surface area contributed by atoms with E-state index in [1.165, 1.54) is 24.3 Å². The molecule has 0 unspecified atom stereocenters. The fraction of sp³-hybridized carbons (Fsp3) is 0. The van der Waals surface area contributed by atoms with Gasteiger partial charge in [0.15, 0.2) is 6.34 Å². The van der Waals surface area contributed by atoms with Crippen molar-refractivity contribution in [2.75, 3.05) is 5.06 Å². The molecule has 0 spiro atoms. The summed E-state index contributed by atoms with van der Waals surface area (Å²) >= 11 is 0. The van der Waals surface area contributed by atoms with E-state index >= 15 is 0 Å². The van der Waals surface area contributed by atoms with Gasteiger partial charge < -0.3 is 5.21 Å². The fourth-order valence-electron chi connectivity index (χ4n) is 0.923. The maximum atomic E-state index is 10.5. The number of nitro benzene ring substituents is 1. The van der Waals surface area contributed by atoms with Crippen LogP contribution in [0.25, 0.3) is 0 Å². The molecule has 0 amide bonds. The molecule has 74 valence electrons. The van der Waals surface area contributed by atoms with Crippen LogP contribution in [-0.4, -0.2) is 21.7 Å². The Labute approximate surface area is 78.6 Å². The molecule has 7 heteroatoms. The molecule has 0 aromatic heterocycles. The minimum Gasteiger partial charge on any atom is -0.410 e. The highest BCUT2D eigenvalue weighted by Gasteiger charge is 2.16. The first kappa shape index (κ1) is 9.93. The summed E-state index contributed by atoms with van der Waals surface area (Å²) in [6, 6.07) is 5.52. The minimum atomic E-state index is -0.649. The Bertz CT molecular complexity index is 366. The van der Waals surface area contributed by atoms with Crippen LogP contribution in [0.5, 0.6) is 0 Å². The summed E-state index contributed by atoms with van der Waals surface area (Å²) in [7, 11) is 0. The highest BCUT2D eigenvalue weighted by Crippen LogP contribution is 2.25. The molecule has 0 atom stereocenters. The maximum Gasteiger partial charge on any atom is 0.295 e. The minimum absolute atomic E-state index is 0.0738. The first-order valence-electron chi connectivity index (χ1n) is 3.56. The molecule has 7 nitrogen and oxygen atoms in total. The molecule has 0 aliphatic heterocycles. The molecular weight excluding hydrogens is 190 g/mol. The SMILES string of the molecule is O=[N+]([O-])c1ccccc1N(O)C=NO. The second-order valence-electron chi connectivity index (χ2n) is 2.32.